The van der Waals surface area contributed by atoms with Crippen molar-refractivity contribution in [3.05, 3.63) is 40.3 Å². The summed E-state index contributed by atoms with van der Waals surface area (Å²) < 4.78 is 1.82. The second-order valence-corrected chi connectivity index (χ2v) is 7.08. The van der Waals surface area contributed by atoms with Crippen LogP contribution in [0.4, 0.5) is 0 Å². The molecular formula is C16H19N3OS. The Labute approximate surface area is 128 Å². The summed E-state index contributed by atoms with van der Waals surface area (Å²) in [5, 5.41) is 6.32. The van der Waals surface area contributed by atoms with E-state index in [1.165, 1.54) is 10.4 Å². The minimum Gasteiger partial charge on any atom is -0.335 e. The number of rotatable bonds is 3. The third kappa shape index (κ3) is 2.29. The van der Waals surface area contributed by atoms with E-state index < -0.39 is 0 Å². The van der Waals surface area contributed by atoms with Crippen LogP contribution in [0.25, 0.3) is 0 Å². The number of thiophene rings is 1. The summed E-state index contributed by atoms with van der Waals surface area (Å²) in [7, 11) is 1.93. The van der Waals surface area contributed by atoms with Gasteiger partial charge in [0.05, 0.1) is 12.2 Å². The fourth-order valence-electron chi connectivity index (χ4n) is 3.49. The number of amides is 1. The van der Waals surface area contributed by atoms with Crippen molar-refractivity contribution in [2.45, 2.75) is 31.2 Å². The van der Waals surface area contributed by atoms with E-state index in [0.29, 0.717) is 17.9 Å². The zero-order chi connectivity index (χ0) is 14.4. The van der Waals surface area contributed by atoms with Crippen molar-refractivity contribution in [2.24, 2.45) is 13.0 Å². The van der Waals surface area contributed by atoms with Gasteiger partial charge in [-0.05, 0) is 42.2 Å². The SMILES string of the molecule is Cn1cc([C@@H]2C[C@H]2C(=O)N2CCC[C@@H]2c2cccs2)cn1. The lowest BCUT2D eigenvalue weighted by molar-refractivity contribution is -0.133. The summed E-state index contributed by atoms with van der Waals surface area (Å²) in [4.78, 5) is 16.3. The second kappa shape index (κ2) is 4.98. The van der Waals surface area contributed by atoms with E-state index in [1.807, 2.05) is 24.1 Å². The Morgan fingerprint density at radius 3 is 3.10 bits per heavy atom. The van der Waals surface area contributed by atoms with Gasteiger partial charge in [0.2, 0.25) is 5.91 Å². The van der Waals surface area contributed by atoms with Crippen LogP contribution in [-0.4, -0.2) is 27.1 Å². The molecule has 0 unspecified atom stereocenters. The average molecular weight is 301 g/mol. The van der Waals surface area contributed by atoms with Crippen LogP contribution in [0.15, 0.2) is 29.9 Å². The Morgan fingerprint density at radius 2 is 2.38 bits per heavy atom. The number of aryl methyl sites for hydroxylation is 1. The van der Waals surface area contributed by atoms with Crippen molar-refractivity contribution in [3.8, 4) is 0 Å². The number of carbonyl (C=O) groups is 1. The molecule has 0 N–H and O–H groups in total. The van der Waals surface area contributed by atoms with Crippen molar-refractivity contribution < 1.29 is 4.79 Å². The Hall–Kier alpha value is -1.62. The van der Waals surface area contributed by atoms with Crippen LogP contribution in [0.3, 0.4) is 0 Å². The number of carbonyl (C=O) groups excluding carboxylic acids is 1. The summed E-state index contributed by atoms with van der Waals surface area (Å²) in [6.45, 7) is 0.914. The predicted molar refractivity (Wildman–Crippen MR) is 82.1 cm³/mol. The minimum absolute atomic E-state index is 0.176. The molecule has 0 aromatic carbocycles. The maximum atomic E-state index is 12.8. The summed E-state index contributed by atoms with van der Waals surface area (Å²) in [6.07, 6.45) is 7.16. The van der Waals surface area contributed by atoms with Crippen molar-refractivity contribution in [2.75, 3.05) is 6.54 Å². The van der Waals surface area contributed by atoms with Gasteiger partial charge in [0.1, 0.15) is 0 Å². The maximum Gasteiger partial charge on any atom is 0.226 e. The molecule has 2 aromatic rings. The molecule has 0 bridgehead atoms. The van der Waals surface area contributed by atoms with E-state index in [2.05, 4.69) is 27.5 Å². The van der Waals surface area contributed by atoms with Crippen LogP contribution >= 0.6 is 11.3 Å². The molecule has 2 fully saturated rings. The number of hydrogen-bond acceptors (Lipinski definition) is 3. The molecule has 5 heteroatoms. The first kappa shape index (κ1) is 13.1. The van der Waals surface area contributed by atoms with Crippen molar-refractivity contribution in [1.29, 1.82) is 0 Å². The first-order valence-corrected chi connectivity index (χ1v) is 8.44. The van der Waals surface area contributed by atoms with Crippen molar-refractivity contribution >= 4 is 17.2 Å². The Kier molecular flexibility index (Phi) is 3.10. The van der Waals surface area contributed by atoms with Gasteiger partial charge in [-0.3, -0.25) is 9.48 Å². The molecule has 1 aliphatic carbocycles. The zero-order valence-electron chi connectivity index (χ0n) is 12.1. The molecule has 110 valence electrons. The van der Waals surface area contributed by atoms with Gasteiger partial charge < -0.3 is 4.90 Å². The van der Waals surface area contributed by atoms with E-state index in [1.54, 1.807) is 11.3 Å². The molecule has 2 aliphatic rings. The Bertz CT molecular complexity index is 648. The van der Waals surface area contributed by atoms with Gasteiger partial charge >= 0.3 is 0 Å². The zero-order valence-corrected chi connectivity index (χ0v) is 12.9. The third-order valence-electron chi connectivity index (χ3n) is 4.67. The van der Waals surface area contributed by atoms with Crippen molar-refractivity contribution in [3.63, 3.8) is 0 Å². The van der Waals surface area contributed by atoms with Gasteiger partial charge in [-0.1, -0.05) is 6.07 Å². The molecule has 4 rings (SSSR count). The van der Waals surface area contributed by atoms with E-state index >= 15 is 0 Å². The van der Waals surface area contributed by atoms with Gasteiger partial charge in [0, 0.05) is 30.6 Å². The highest BCUT2D eigenvalue weighted by molar-refractivity contribution is 7.10. The van der Waals surface area contributed by atoms with Crippen LogP contribution in [-0.2, 0) is 11.8 Å². The van der Waals surface area contributed by atoms with Gasteiger partial charge in [-0.25, -0.2) is 0 Å². The van der Waals surface area contributed by atoms with Crippen molar-refractivity contribution in [1.82, 2.24) is 14.7 Å². The molecule has 21 heavy (non-hydrogen) atoms. The smallest absolute Gasteiger partial charge is 0.226 e. The largest absolute Gasteiger partial charge is 0.335 e. The fourth-order valence-corrected chi connectivity index (χ4v) is 4.36. The van der Waals surface area contributed by atoms with E-state index in [9.17, 15) is 4.79 Å². The maximum absolute atomic E-state index is 12.8. The lowest BCUT2D eigenvalue weighted by Crippen LogP contribution is -2.31. The quantitative estimate of drug-likeness (QED) is 0.874. The third-order valence-corrected chi connectivity index (χ3v) is 5.64. The fraction of sp³-hybridized carbons (Fsp3) is 0.500. The first-order chi connectivity index (χ1) is 10.2. The Morgan fingerprint density at radius 1 is 1.48 bits per heavy atom. The van der Waals surface area contributed by atoms with E-state index in [4.69, 9.17) is 0 Å². The highest BCUT2D eigenvalue weighted by atomic mass is 32.1. The predicted octanol–water partition coefficient (Wildman–Crippen LogP) is 2.95. The van der Waals surface area contributed by atoms with Gasteiger partial charge in [-0.15, -0.1) is 11.3 Å². The normalized spacial score (nSPS) is 28.0. The van der Waals surface area contributed by atoms with Crippen LogP contribution in [0, 0.1) is 5.92 Å². The molecule has 1 amide bonds. The first-order valence-electron chi connectivity index (χ1n) is 7.56. The van der Waals surface area contributed by atoms with E-state index in [0.717, 1.165) is 25.8 Å². The molecule has 0 spiro atoms. The molecular weight excluding hydrogens is 282 g/mol. The molecule has 2 aromatic heterocycles. The number of aromatic nitrogens is 2. The summed E-state index contributed by atoms with van der Waals surface area (Å²) in [5.41, 5.74) is 1.21. The molecule has 1 saturated heterocycles. The lowest BCUT2D eigenvalue weighted by Gasteiger charge is -2.24. The van der Waals surface area contributed by atoms with Crippen LogP contribution in [0.1, 0.15) is 41.7 Å². The second-order valence-electron chi connectivity index (χ2n) is 6.10. The topological polar surface area (TPSA) is 38.1 Å². The highest BCUT2D eigenvalue weighted by Gasteiger charge is 2.48. The molecule has 1 aliphatic heterocycles. The van der Waals surface area contributed by atoms with Crippen LogP contribution in [0.5, 0.6) is 0 Å². The highest BCUT2D eigenvalue weighted by Crippen LogP contribution is 2.50. The van der Waals surface area contributed by atoms with Crippen LogP contribution < -0.4 is 0 Å². The van der Waals surface area contributed by atoms with E-state index in [-0.39, 0.29) is 5.92 Å². The summed E-state index contributed by atoms with van der Waals surface area (Å²) in [6, 6.07) is 4.55. The van der Waals surface area contributed by atoms with Crippen LogP contribution in [0.2, 0.25) is 0 Å². The number of hydrogen-bond donors (Lipinski definition) is 0. The lowest BCUT2D eigenvalue weighted by atomic mass is 10.1. The summed E-state index contributed by atoms with van der Waals surface area (Å²) in [5.74, 6) is 0.908. The Balaban J connectivity index is 1.48. The molecule has 0 radical (unpaired) electrons. The number of nitrogens with zero attached hydrogens (tertiary/aromatic N) is 3. The molecule has 1 saturated carbocycles. The summed E-state index contributed by atoms with van der Waals surface area (Å²) >= 11 is 1.77. The molecule has 4 nitrogen and oxygen atoms in total. The standard InChI is InChI=1S/C16H19N3OS/c1-18-10-11(9-17-18)12-8-13(12)16(20)19-6-2-4-14(19)15-5-3-7-21-15/h3,5,7,9-10,12-14H,2,4,6,8H2,1H3/t12-,13+,14+/m0/s1. The molecule has 3 heterocycles. The van der Waals surface area contributed by atoms with Gasteiger partial charge in [-0.2, -0.15) is 5.10 Å². The van der Waals surface area contributed by atoms with Gasteiger partial charge in [0.15, 0.2) is 0 Å². The minimum atomic E-state index is 0.176. The molecule has 3 atom stereocenters. The van der Waals surface area contributed by atoms with Gasteiger partial charge in [0.25, 0.3) is 0 Å². The number of likely N-dealkylation sites (tertiary alicyclic amines) is 1. The monoisotopic (exact) mass is 301 g/mol. The average Bonchev–Trinajstić information content (AvgIpc) is 2.94.